The van der Waals surface area contributed by atoms with Crippen LogP contribution in [0.5, 0.6) is 5.75 Å². The van der Waals surface area contributed by atoms with E-state index in [-0.39, 0.29) is 0 Å². The van der Waals surface area contributed by atoms with Gasteiger partial charge in [0.2, 0.25) is 0 Å². The lowest BCUT2D eigenvalue weighted by Gasteiger charge is -2.02. The maximum absolute atomic E-state index is 5.10. The molecule has 0 N–H and O–H groups in total. The van der Waals surface area contributed by atoms with Crippen LogP contribution in [0.3, 0.4) is 0 Å². The molecule has 0 unspecified atom stereocenters. The van der Waals surface area contributed by atoms with Gasteiger partial charge in [-0.2, -0.15) is 0 Å². The Morgan fingerprint density at radius 3 is 2.53 bits per heavy atom. The van der Waals surface area contributed by atoms with E-state index in [0.29, 0.717) is 0 Å². The topological polar surface area (TPSA) is 35.0 Å². The molecular formula is C12H16N2O. The Labute approximate surface area is 90.1 Å². The SMILES string of the molecule is CC.COc1ccc2c(C)ncnc2c1. The Bertz CT molecular complexity index is 441. The summed E-state index contributed by atoms with van der Waals surface area (Å²) in [5.74, 6) is 0.825. The maximum atomic E-state index is 5.10. The second-order valence-electron chi connectivity index (χ2n) is 2.84. The fraction of sp³-hybridized carbons (Fsp3) is 0.333. The maximum Gasteiger partial charge on any atom is 0.121 e. The van der Waals surface area contributed by atoms with E-state index in [1.165, 1.54) is 0 Å². The predicted octanol–water partition coefficient (Wildman–Crippen LogP) is 2.97. The van der Waals surface area contributed by atoms with E-state index in [4.69, 9.17) is 4.74 Å². The highest BCUT2D eigenvalue weighted by Gasteiger charge is 1.99. The number of nitrogens with zero attached hydrogens (tertiary/aromatic N) is 2. The van der Waals surface area contributed by atoms with Crippen LogP contribution in [-0.4, -0.2) is 17.1 Å². The third-order valence-electron chi connectivity index (χ3n) is 2.04. The molecule has 0 aliphatic rings. The van der Waals surface area contributed by atoms with Gasteiger partial charge in [-0.1, -0.05) is 13.8 Å². The van der Waals surface area contributed by atoms with Gasteiger partial charge >= 0.3 is 0 Å². The molecule has 15 heavy (non-hydrogen) atoms. The van der Waals surface area contributed by atoms with E-state index < -0.39 is 0 Å². The first-order valence-corrected chi connectivity index (χ1v) is 5.06. The molecule has 2 rings (SSSR count). The van der Waals surface area contributed by atoms with Crippen molar-refractivity contribution in [3.05, 3.63) is 30.2 Å². The van der Waals surface area contributed by atoms with E-state index in [2.05, 4.69) is 9.97 Å². The zero-order chi connectivity index (χ0) is 11.3. The lowest BCUT2D eigenvalue weighted by molar-refractivity contribution is 0.415. The van der Waals surface area contributed by atoms with Crippen molar-refractivity contribution in [2.75, 3.05) is 7.11 Å². The van der Waals surface area contributed by atoms with Crippen LogP contribution in [0.15, 0.2) is 24.5 Å². The number of hydrogen-bond donors (Lipinski definition) is 0. The molecule has 2 aromatic rings. The molecule has 1 aromatic heterocycles. The highest BCUT2D eigenvalue weighted by atomic mass is 16.5. The predicted molar refractivity (Wildman–Crippen MR) is 62.2 cm³/mol. The van der Waals surface area contributed by atoms with Crippen molar-refractivity contribution in [2.24, 2.45) is 0 Å². The first kappa shape index (κ1) is 11.4. The quantitative estimate of drug-likeness (QED) is 0.716. The first-order chi connectivity index (χ1) is 7.31. The molecule has 0 aliphatic heterocycles. The molecule has 3 nitrogen and oxygen atoms in total. The Balaban J connectivity index is 0.000000531. The van der Waals surface area contributed by atoms with Crippen molar-refractivity contribution in [3.8, 4) is 5.75 Å². The van der Waals surface area contributed by atoms with Crippen LogP contribution < -0.4 is 4.74 Å². The minimum Gasteiger partial charge on any atom is -0.497 e. The molecule has 0 saturated carbocycles. The molecule has 0 fully saturated rings. The molecule has 80 valence electrons. The molecule has 0 spiro atoms. The van der Waals surface area contributed by atoms with Crippen molar-refractivity contribution in [1.82, 2.24) is 9.97 Å². The largest absolute Gasteiger partial charge is 0.497 e. The normalized spacial score (nSPS) is 9.33. The van der Waals surface area contributed by atoms with Crippen molar-refractivity contribution in [2.45, 2.75) is 20.8 Å². The molecular weight excluding hydrogens is 188 g/mol. The van der Waals surface area contributed by atoms with Crippen LogP contribution in [0.1, 0.15) is 19.5 Å². The van der Waals surface area contributed by atoms with E-state index in [0.717, 1.165) is 22.3 Å². The molecule has 0 atom stereocenters. The van der Waals surface area contributed by atoms with Crippen molar-refractivity contribution >= 4 is 10.9 Å². The molecule has 3 heteroatoms. The summed E-state index contributed by atoms with van der Waals surface area (Å²) >= 11 is 0. The van der Waals surface area contributed by atoms with Crippen LogP contribution in [-0.2, 0) is 0 Å². The second kappa shape index (κ2) is 5.29. The van der Waals surface area contributed by atoms with Gasteiger partial charge in [-0.25, -0.2) is 9.97 Å². The Morgan fingerprint density at radius 1 is 1.13 bits per heavy atom. The second-order valence-corrected chi connectivity index (χ2v) is 2.84. The summed E-state index contributed by atoms with van der Waals surface area (Å²) in [6.07, 6.45) is 1.57. The summed E-state index contributed by atoms with van der Waals surface area (Å²) in [5, 5.41) is 1.07. The van der Waals surface area contributed by atoms with Crippen molar-refractivity contribution in [3.63, 3.8) is 0 Å². The molecule has 1 aromatic carbocycles. The highest BCUT2D eigenvalue weighted by molar-refractivity contribution is 5.81. The van der Waals surface area contributed by atoms with E-state index in [1.807, 2.05) is 39.0 Å². The zero-order valence-electron chi connectivity index (χ0n) is 9.61. The summed E-state index contributed by atoms with van der Waals surface area (Å²) in [7, 11) is 1.65. The average molecular weight is 204 g/mol. The molecule has 0 saturated heterocycles. The minimum atomic E-state index is 0.825. The lowest BCUT2D eigenvalue weighted by atomic mass is 10.2. The number of aromatic nitrogens is 2. The number of hydrogen-bond acceptors (Lipinski definition) is 3. The summed E-state index contributed by atoms with van der Waals surface area (Å²) in [5.41, 5.74) is 1.92. The number of rotatable bonds is 1. The Morgan fingerprint density at radius 2 is 1.87 bits per heavy atom. The fourth-order valence-corrected chi connectivity index (χ4v) is 1.30. The Hall–Kier alpha value is -1.64. The zero-order valence-corrected chi connectivity index (χ0v) is 9.61. The van der Waals surface area contributed by atoms with Gasteiger partial charge in [-0.3, -0.25) is 0 Å². The van der Waals surface area contributed by atoms with Crippen LogP contribution in [0, 0.1) is 6.92 Å². The summed E-state index contributed by atoms with van der Waals surface area (Å²) < 4.78 is 5.10. The van der Waals surface area contributed by atoms with Gasteiger partial charge in [0.1, 0.15) is 12.1 Å². The average Bonchev–Trinajstić information content (AvgIpc) is 2.31. The van der Waals surface area contributed by atoms with Crippen LogP contribution in [0.25, 0.3) is 10.9 Å². The molecule has 0 aliphatic carbocycles. The lowest BCUT2D eigenvalue weighted by Crippen LogP contribution is -1.88. The molecule has 0 amide bonds. The monoisotopic (exact) mass is 204 g/mol. The number of benzene rings is 1. The fourth-order valence-electron chi connectivity index (χ4n) is 1.30. The smallest absolute Gasteiger partial charge is 0.121 e. The van der Waals surface area contributed by atoms with Gasteiger partial charge in [-0.05, 0) is 19.1 Å². The number of aryl methyl sites for hydroxylation is 1. The minimum absolute atomic E-state index is 0.825. The number of ether oxygens (including phenoxy) is 1. The summed E-state index contributed by atoms with van der Waals surface area (Å²) in [6, 6.07) is 5.80. The third-order valence-corrected chi connectivity index (χ3v) is 2.04. The third kappa shape index (κ3) is 2.43. The Kier molecular flexibility index (Phi) is 4.03. The molecule has 1 heterocycles. The standard InChI is InChI=1S/C10H10N2O.C2H6/c1-7-9-4-3-8(13-2)5-10(9)12-6-11-7;1-2/h3-6H,1-2H3;1-2H3. The van der Waals surface area contributed by atoms with Crippen molar-refractivity contribution in [1.29, 1.82) is 0 Å². The van der Waals surface area contributed by atoms with Gasteiger partial charge in [0.15, 0.2) is 0 Å². The van der Waals surface area contributed by atoms with E-state index in [9.17, 15) is 0 Å². The first-order valence-electron chi connectivity index (χ1n) is 5.06. The van der Waals surface area contributed by atoms with E-state index >= 15 is 0 Å². The molecule has 0 radical (unpaired) electrons. The van der Waals surface area contributed by atoms with Gasteiger partial charge in [0, 0.05) is 17.1 Å². The summed E-state index contributed by atoms with van der Waals surface area (Å²) in [4.78, 5) is 8.27. The van der Waals surface area contributed by atoms with Crippen molar-refractivity contribution < 1.29 is 4.74 Å². The van der Waals surface area contributed by atoms with Gasteiger partial charge in [0.05, 0.1) is 12.6 Å². The number of methoxy groups -OCH3 is 1. The summed E-state index contributed by atoms with van der Waals surface area (Å²) in [6.45, 7) is 5.97. The highest BCUT2D eigenvalue weighted by Crippen LogP contribution is 2.19. The number of fused-ring (bicyclic) bond motifs is 1. The van der Waals surface area contributed by atoms with Gasteiger partial charge in [-0.15, -0.1) is 0 Å². The van der Waals surface area contributed by atoms with E-state index in [1.54, 1.807) is 13.4 Å². The van der Waals surface area contributed by atoms with Crippen LogP contribution in [0.2, 0.25) is 0 Å². The van der Waals surface area contributed by atoms with Gasteiger partial charge in [0.25, 0.3) is 0 Å². The molecule has 0 bridgehead atoms. The van der Waals surface area contributed by atoms with Crippen LogP contribution in [0.4, 0.5) is 0 Å². The van der Waals surface area contributed by atoms with Crippen LogP contribution >= 0.6 is 0 Å². The van der Waals surface area contributed by atoms with Gasteiger partial charge < -0.3 is 4.74 Å².